The predicted octanol–water partition coefficient (Wildman–Crippen LogP) is 2.89. The number of hydrogen-bond acceptors (Lipinski definition) is 6. The van der Waals surface area contributed by atoms with Gasteiger partial charge in [-0.25, -0.2) is 0 Å². The summed E-state index contributed by atoms with van der Waals surface area (Å²) < 4.78 is 0. The number of phenols is 1. The summed E-state index contributed by atoms with van der Waals surface area (Å²) in [7, 11) is 0. The lowest BCUT2D eigenvalue weighted by atomic mass is 10.1. The van der Waals surface area contributed by atoms with Crippen molar-refractivity contribution in [2.45, 2.75) is 19.3 Å². The number of carbonyl (C=O) groups excluding carboxylic acids is 2. The zero-order valence-electron chi connectivity index (χ0n) is 16.3. The van der Waals surface area contributed by atoms with E-state index in [-0.39, 0.29) is 30.2 Å². The number of rotatable bonds is 5. The lowest BCUT2D eigenvalue weighted by Gasteiger charge is -2.20. The molecule has 9 nitrogen and oxygen atoms in total. The van der Waals surface area contributed by atoms with E-state index in [1.54, 1.807) is 4.90 Å². The summed E-state index contributed by atoms with van der Waals surface area (Å²) >= 11 is 0. The first-order chi connectivity index (χ1) is 14.4. The first-order valence-electron chi connectivity index (χ1n) is 9.86. The van der Waals surface area contributed by atoms with E-state index in [1.807, 2.05) is 24.3 Å². The molecule has 0 aliphatic carbocycles. The average Bonchev–Trinajstić information content (AvgIpc) is 3.39. The van der Waals surface area contributed by atoms with Crippen LogP contribution < -0.4 is 15.1 Å². The Labute approximate surface area is 173 Å². The van der Waals surface area contributed by atoms with E-state index in [0.29, 0.717) is 0 Å². The van der Waals surface area contributed by atoms with Crippen LogP contribution in [0.2, 0.25) is 0 Å². The number of hydrogen-bond donors (Lipinski definition) is 2. The summed E-state index contributed by atoms with van der Waals surface area (Å²) in [5, 5.41) is 23.2. The van der Waals surface area contributed by atoms with Crippen molar-refractivity contribution < 1.29 is 19.6 Å². The van der Waals surface area contributed by atoms with Crippen LogP contribution in [0.4, 0.5) is 22.7 Å². The fourth-order valence-electron chi connectivity index (χ4n) is 3.93. The summed E-state index contributed by atoms with van der Waals surface area (Å²) in [5.41, 5.74) is 1.68. The molecule has 4 rings (SSSR count). The van der Waals surface area contributed by atoms with Crippen LogP contribution in [0, 0.1) is 16.0 Å². The first-order valence-corrected chi connectivity index (χ1v) is 9.86. The highest BCUT2D eigenvalue weighted by atomic mass is 16.6. The maximum absolute atomic E-state index is 12.6. The minimum atomic E-state index is -0.631. The standard InChI is InChI=1S/C21H22N4O5/c26-19-12-17(25(29)30)7-8-18(19)22-21(28)14-11-20(27)24(13-14)16-5-3-15(4-6-16)23-9-1-2-10-23/h3-8,12,14,26H,1-2,9-11,13H2,(H,22,28). The Morgan fingerprint density at radius 2 is 1.77 bits per heavy atom. The van der Waals surface area contributed by atoms with E-state index < -0.39 is 22.5 Å². The van der Waals surface area contributed by atoms with Gasteiger partial charge in [-0.15, -0.1) is 0 Å². The van der Waals surface area contributed by atoms with Crippen molar-refractivity contribution in [1.29, 1.82) is 0 Å². The van der Waals surface area contributed by atoms with Crippen molar-refractivity contribution in [3.8, 4) is 5.75 Å². The minimum absolute atomic E-state index is 0.0629. The van der Waals surface area contributed by atoms with Gasteiger partial charge in [-0.05, 0) is 43.2 Å². The maximum Gasteiger partial charge on any atom is 0.273 e. The Balaban J connectivity index is 1.41. The Morgan fingerprint density at radius 3 is 2.40 bits per heavy atom. The molecular weight excluding hydrogens is 388 g/mol. The van der Waals surface area contributed by atoms with Crippen LogP contribution >= 0.6 is 0 Å². The number of amides is 2. The predicted molar refractivity (Wildman–Crippen MR) is 112 cm³/mol. The third kappa shape index (κ3) is 3.91. The molecule has 1 atom stereocenters. The Kier molecular flexibility index (Phi) is 5.26. The molecule has 2 aliphatic rings. The molecule has 2 aromatic rings. The fourth-order valence-corrected chi connectivity index (χ4v) is 3.93. The van der Waals surface area contributed by atoms with Crippen molar-refractivity contribution in [2.24, 2.45) is 5.92 Å². The number of nitrogens with one attached hydrogen (secondary N) is 1. The number of aromatic hydroxyl groups is 1. The molecular formula is C21H22N4O5. The third-order valence-corrected chi connectivity index (χ3v) is 5.58. The van der Waals surface area contributed by atoms with Crippen LogP contribution in [0.15, 0.2) is 42.5 Å². The molecule has 2 aromatic carbocycles. The summed E-state index contributed by atoms with van der Waals surface area (Å²) in [6, 6.07) is 11.2. The molecule has 0 radical (unpaired) electrons. The molecule has 1 unspecified atom stereocenters. The highest BCUT2D eigenvalue weighted by molar-refractivity contribution is 6.04. The fraction of sp³-hybridized carbons (Fsp3) is 0.333. The first kappa shape index (κ1) is 19.7. The second kappa shape index (κ2) is 8.02. The largest absolute Gasteiger partial charge is 0.506 e. The van der Waals surface area contributed by atoms with Gasteiger partial charge in [0.15, 0.2) is 0 Å². The van der Waals surface area contributed by atoms with Crippen molar-refractivity contribution in [3.63, 3.8) is 0 Å². The molecule has 2 aliphatic heterocycles. The van der Waals surface area contributed by atoms with E-state index in [2.05, 4.69) is 10.2 Å². The lowest BCUT2D eigenvalue weighted by molar-refractivity contribution is -0.384. The molecule has 0 saturated carbocycles. The number of phenolic OH excluding ortho intramolecular Hbond substituents is 1. The highest BCUT2D eigenvalue weighted by Gasteiger charge is 2.35. The maximum atomic E-state index is 12.6. The van der Waals surface area contributed by atoms with Crippen molar-refractivity contribution >= 4 is 34.6 Å². The Bertz CT molecular complexity index is 985. The molecule has 156 valence electrons. The molecule has 0 spiro atoms. The number of benzene rings is 2. The second-order valence-electron chi connectivity index (χ2n) is 7.56. The molecule has 2 N–H and O–H groups in total. The van der Waals surface area contributed by atoms with Gasteiger partial charge in [0.1, 0.15) is 5.75 Å². The van der Waals surface area contributed by atoms with Crippen molar-refractivity contribution in [1.82, 2.24) is 0 Å². The van der Waals surface area contributed by atoms with E-state index >= 15 is 0 Å². The number of nitro benzene ring substituents is 1. The summed E-state index contributed by atoms with van der Waals surface area (Å²) in [4.78, 5) is 39.1. The SMILES string of the molecule is O=C(Nc1ccc([N+](=O)[O-])cc1O)C1CC(=O)N(c2ccc(N3CCCC3)cc2)C1. The van der Waals surface area contributed by atoms with Crippen LogP contribution in [0.1, 0.15) is 19.3 Å². The van der Waals surface area contributed by atoms with E-state index in [0.717, 1.165) is 30.5 Å². The minimum Gasteiger partial charge on any atom is -0.506 e. The van der Waals surface area contributed by atoms with Crippen molar-refractivity contribution in [2.75, 3.05) is 34.8 Å². The van der Waals surface area contributed by atoms with Gasteiger partial charge < -0.3 is 20.2 Å². The molecule has 0 bridgehead atoms. The smallest absolute Gasteiger partial charge is 0.273 e. The topological polar surface area (TPSA) is 116 Å². The van der Waals surface area contributed by atoms with Crippen molar-refractivity contribution in [3.05, 3.63) is 52.6 Å². The van der Waals surface area contributed by atoms with E-state index in [4.69, 9.17) is 0 Å². The zero-order valence-corrected chi connectivity index (χ0v) is 16.3. The van der Waals surface area contributed by atoms with Crippen LogP contribution in [0.3, 0.4) is 0 Å². The summed E-state index contributed by atoms with van der Waals surface area (Å²) in [6.07, 6.45) is 2.44. The van der Waals surface area contributed by atoms with Gasteiger partial charge in [0.05, 0.1) is 22.6 Å². The van der Waals surface area contributed by atoms with Crippen LogP contribution in [0.5, 0.6) is 5.75 Å². The second-order valence-corrected chi connectivity index (χ2v) is 7.56. The number of nitrogens with zero attached hydrogens (tertiary/aromatic N) is 3. The summed E-state index contributed by atoms with van der Waals surface area (Å²) in [5.74, 6) is -1.53. The van der Waals surface area contributed by atoms with Gasteiger partial charge in [-0.2, -0.15) is 0 Å². The molecule has 0 aromatic heterocycles. The third-order valence-electron chi connectivity index (χ3n) is 5.58. The van der Waals surface area contributed by atoms with Crippen LogP contribution in [-0.2, 0) is 9.59 Å². The number of carbonyl (C=O) groups is 2. The molecule has 2 fully saturated rings. The van der Waals surface area contributed by atoms with Gasteiger partial charge in [0.25, 0.3) is 5.69 Å². The Hall–Kier alpha value is -3.62. The van der Waals surface area contributed by atoms with E-state index in [1.165, 1.54) is 25.0 Å². The Morgan fingerprint density at radius 1 is 1.10 bits per heavy atom. The van der Waals surface area contributed by atoms with Crippen LogP contribution in [-0.4, -0.2) is 41.5 Å². The average molecular weight is 410 g/mol. The zero-order chi connectivity index (χ0) is 21.3. The number of nitro groups is 1. The number of anilines is 3. The number of non-ortho nitro benzene ring substituents is 1. The lowest BCUT2D eigenvalue weighted by Crippen LogP contribution is -2.28. The van der Waals surface area contributed by atoms with Crippen LogP contribution in [0.25, 0.3) is 0 Å². The normalized spacial score (nSPS) is 18.7. The van der Waals surface area contributed by atoms with Gasteiger partial charge in [0, 0.05) is 43.5 Å². The quantitative estimate of drug-likeness (QED) is 0.445. The monoisotopic (exact) mass is 410 g/mol. The van der Waals surface area contributed by atoms with Gasteiger partial charge in [-0.1, -0.05) is 0 Å². The van der Waals surface area contributed by atoms with Gasteiger partial charge in [0.2, 0.25) is 11.8 Å². The van der Waals surface area contributed by atoms with Gasteiger partial charge in [-0.3, -0.25) is 19.7 Å². The van der Waals surface area contributed by atoms with E-state index in [9.17, 15) is 24.8 Å². The molecule has 30 heavy (non-hydrogen) atoms. The molecule has 2 heterocycles. The molecule has 2 saturated heterocycles. The molecule has 2 amide bonds. The highest BCUT2D eigenvalue weighted by Crippen LogP contribution is 2.31. The molecule has 9 heteroatoms. The summed E-state index contributed by atoms with van der Waals surface area (Å²) in [6.45, 7) is 2.32. The van der Waals surface area contributed by atoms with Gasteiger partial charge >= 0.3 is 0 Å².